The van der Waals surface area contributed by atoms with Crippen LogP contribution in [0.3, 0.4) is 0 Å². The summed E-state index contributed by atoms with van der Waals surface area (Å²) in [7, 11) is 0. The van der Waals surface area contributed by atoms with Crippen LogP contribution in [0.5, 0.6) is 11.5 Å². The average molecular weight is 617 g/mol. The van der Waals surface area contributed by atoms with Crippen molar-refractivity contribution in [2.24, 2.45) is 11.3 Å². The van der Waals surface area contributed by atoms with E-state index in [1.807, 2.05) is 54.5 Å². The van der Waals surface area contributed by atoms with Crippen LogP contribution in [0.1, 0.15) is 86.1 Å². The van der Waals surface area contributed by atoms with Gasteiger partial charge in [0.25, 0.3) is 17.3 Å². The van der Waals surface area contributed by atoms with E-state index < -0.39 is 11.4 Å². The highest BCUT2D eigenvalue weighted by Gasteiger charge is 2.61. The molecular weight excluding hydrogens is 578 g/mol. The van der Waals surface area contributed by atoms with Crippen LogP contribution >= 0.6 is 15.9 Å². The average Bonchev–Trinajstić information content (AvgIpc) is 3.14. The van der Waals surface area contributed by atoms with Crippen LogP contribution in [0.2, 0.25) is 0 Å². The molecule has 1 atom stereocenters. The second-order valence-corrected chi connectivity index (χ2v) is 13.7. The Morgan fingerprint density at radius 2 is 1.75 bits per heavy atom. The maximum absolute atomic E-state index is 13.2. The molecule has 2 saturated carbocycles. The SMILES string of the molecule is Cc1cc(C)c(CNC(=O)c2cc(Br)c3c(c2C)OC(C)(C2CC4(CC(NC(=O)OC(C)(C)C)C4)C2)O3)c(=O)[nH]1. The van der Waals surface area contributed by atoms with E-state index >= 15 is 0 Å². The van der Waals surface area contributed by atoms with E-state index in [2.05, 4.69) is 31.5 Å². The first-order valence-corrected chi connectivity index (χ1v) is 14.6. The fourth-order valence-corrected chi connectivity index (χ4v) is 6.85. The van der Waals surface area contributed by atoms with E-state index in [1.165, 1.54) is 0 Å². The molecule has 0 saturated heterocycles. The Kier molecular flexibility index (Phi) is 7.00. The number of hydrogen-bond acceptors (Lipinski definition) is 6. The molecule has 216 valence electrons. The number of benzene rings is 1. The topological polar surface area (TPSA) is 119 Å². The minimum Gasteiger partial charge on any atom is -0.448 e. The van der Waals surface area contributed by atoms with Crippen LogP contribution in [0, 0.1) is 32.1 Å². The lowest BCUT2D eigenvalue weighted by molar-refractivity contribution is -0.191. The fraction of sp³-hybridized carbons (Fsp3) is 0.567. The summed E-state index contributed by atoms with van der Waals surface area (Å²) in [4.78, 5) is 40.4. The first-order chi connectivity index (χ1) is 18.6. The van der Waals surface area contributed by atoms with Gasteiger partial charge in [-0.2, -0.15) is 0 Å². The largest absolute Gasteiger partial charge is 0.448 e. The van der Waals surface area contributed by atoms with E-state index in [-0.39, 0.29) is 41.5 Å². The van der Waals surface area contributed by atoms with Crippen molar-refractivity contribution in [2.45, 2.75) is 98.1 Å². The number of aryl methyl sites for hydroxylation is 2. The smallest absolute Gasteiger partial charge is 0.407 e. The van der Waals surface area contributed by atoms with Gasteiger partial charge in [-0.05, 0) is 106 Å². The molecule has 1 aliphatic heterocycles. The first-order valence-electron chi connectivity index (χ1n) is 13.8. The third kappa shape index (κ3) is 5.34. The summed E-state index contributed by atoms with van der Waals surface area (Å²) < 4.78 is 18.9. The van der Waals surface area contributed by atoms with Gasteiger partial charge < -0.3 is 29.8 Å². The molecule has 3 aliphatic rings. The van der Waals surface area contributed by atoms with Crippen molar-refractivity contribution in [1.82, 2.24) is 15.6 Å². The Labute approximate surface area is 242 Å². The zero-order chi connectivity index (χ0) is 29.2. The number of rotatable bonds is 5. The lowest BCUT2D eigenvalue weighted by Gasteiger charge is -2.59. The molecule has 1 unspecified atom stereocenters. The lowest BCUT2D eigenvalue weighted by Crippen LogP contribution is -2.61. The molecule has 0 radical (unpaired) electrons. The molecule has 1 aromatic carbocycles. The Hall–Kier alpha value is -3.01. The van der Waals surface area contributed by atoms with E-state index in [1.54, 1.807) is 6.07 Å². The third-order valence-electron chi connectivity index (χ3n) is 8.39. The van der Waals surface area contributed by atoms with E-state index in [0.717, 1.165) is 36.9 Å². The predicted octanol–water partition coefficient (Wildman–Crippen LogP) is 5.56. The Morgan fingerprint density at radius 1 is 1.10 bits per heavy atom. The summed E-state index contributed by atoms with van der Waals surface area (Å²) in [5, 5.41) is 5.86. The molecule has 2 fully saturated rings. The monoisotopic (exact) mass is 615 g/mol. The van der Waals surface area contributed by atoms with Crippen LogP contribution in [0.4, 0.5) is 4.79 Å². The number of hydrogen-bond donors (Lipinski definition) is 3. The summed E-state index contributed by atoms with van der Waals surface area (Å²) in [5.41, 5.74) is 2.77. The number of nitrogens with one attached hydrogen (secondary N) is 3. The van der Waals surface area contributed by atoms with Gasteiger partial charge in [-0.25, -0.2) is 4.79 Å². The molecule has 5 rings (SSSR count). The maximum Gasteiger partial charge on any atom is 0.407 e. The molecule has 2 heterocycles. The Balaban J connectivity index is 1.21. The van der Waals surface area contributed by atoms with Crippen molar-refractivity contribution in [1.29, 1.82) is 0 Å². The molecule has 0 bridgehead atoms. The summed E-state index contributed by atoms with van der Waals surface area (Å²) in [6, 6.07) is 3.76. The molecule has 40 heavy (non-hydrogen) atoms. The maximum atomic E-state index is 13.2. The summed E-state index contributed by atoms with van der Waals surface area (Å²) in [6.07, 6.45) is 3.36. The molecule has 2 aliphatic carbocycles. The number of H-pyrrole nitrogens is 1. The van der Waals surface area contributed by atoms with Gasteiger partial charge in [0.2, 0.25) is 0 Å². The third-order valence-corrected chi connectivity index (χ3v) is 8.98. The predicted molar refractivity (Wildman–Crippen MR) is 154 cm³/mol. The van der Waals surface area contributed by atoms with E-state index in [4.69, 9.17) is 14.2 Å². The van der Waals surface area contributed by atoms with Gasteiger partial charge in [0, 0.05) is 47.8 Å². The minimum atomic E-state index is -0.841. The zero-order valence-corrected chi connectivity index (χ0v) is 25.8. The Bertz CT molecular complexity index is 1430. The van der Waals surface area contributed by atoms with E-state index in [9.17, 15) is 14.4 Å². The Morgan fingerprint density at radius 3 is 2.38 bits per heavy atom. The van der Waals surface area contributed by atoms with Crippen LogP contribution in [0.25, 0.3) is 0 Å². The number of amides is 2. The number of halogens is 1. The number of aromatic amines is 1. The second kappa shape index (κ2) is 9.82. The second-order valence-electron chi connectivity index (χ2n) is 12.9. The summed E-state index contributed by atoms with van der Waals surface area (Å²) in [6.45, 7) is 13.2. The highest BCUT2D eigenvalue weighted by atomic mass is 79.9. The highest BCUT2D eigenvalue weighted by molar-refractivity contribution is 9.10. The van der Waals surface area contributed by atoms with Crippen molar-refractivity contribution in [2.75, 3.05) is 0 Å². The van der Waals surface area contributed by atoms with Crippen molar-refractivity contribution < 1.29 is 23.8 Å². The number of alkyl carbamates (subject to hydrolysis) is 1. The van der Waals surface area contributed by atoms with Gasteiger partial charge in [-0.15, -0.1) is 0 Å². The van der Waals surface area contributed by atoms with Gasteiger partial charge in [0.1, 0.15) is 5.60 Å². The standard InChI is InChI=1S/C30H38BrN3O6/c1-15-8-16(2)33-26(36)21(15)14-32-25(35)20-9-22(31)24-23(17(20)3)38-29(7,39-24)18-10-30(11-18)12-19(13-30)34-27(37)40-28(4,5)6/h8-9,18-19H,10-14H2,1-7H3,(H,32,35)(H,33,36)(H,34,37). The molecule has 2 amide bonds. The summed E-state index contributed by atoms with van der Waals surface area (Å²) >= 11 is 3.58. The van der Waals surface area contributed by atoms with Crippen molar-refractivity contribution >= 4 is 27.9 Å². The highest BCUT2D eigenvalue weighted by Crippen LogP contribution is 2.63. The van der Waals surface area contributed by atoms with Gasteiger partial charge in [0.05, 0.1) is 4.47 Å². The molecule has 2 aromatic rings. The van der Waals surface area contributed by atoms with Gasteiger partial charge in [-0.1, -0.05) is 0 Å². The minimum absolute atomic E-state index is 0.122. The summed E-state index contributed by atoms with van der Waals surface area (Å²) in [5.74, 6) is 0.207. The molecular formula is C30H38BrN3O6. The van der Waals surface area contributed by atoms with Crippen molar-refractivity contribution in [3.63, 3.8) is 0 Å². The molecule has 1 aromatic heterocycles. The van der Waals surface area contributed by atoms with Gasteiger partial charge in [0.15, 0.2) is 11.5 Å². The molecule has 1 spiro atoms. The first kappa shape index (κ1) is 28.5. The normalized spacial score (nSPS) is 26.6. The quantitative estimate of drug-likeness (QED) is 0.405. The van der Waals surface area contributed by atoms with Crippen LogP contribution in [0.15, 0.2) is 21.4 Å². The molecule has 10 heteroatoms. The van der Waals surface area contributed by atoms with Crippen molar-refractivity contribution in [3.05, 3.63) is 54.9 Å². The lowest BCUT2D eigenvalue weighted by atomic mass is 9.48. The number of carbonyl (C=O) groups excluding carboxylic acids is 2. The van der Waals surface area contributed by atoms with Crippen molar-refractivity contribution in [3.8, 4) is 11.5 Å². The zero-order valence-electron chi connectivity index (χ0n) is 24.2. The van der Waals surface area contributed by atoms with Crippen LogP contribution < -0.4 is 25.7 Å². The number of carbonyl (C=O) groups is 2. The molecule has 3 N–H and O–H groups in total. The molecule has 9 nitrogen and oxygen atoms in total. The van der Waals surface area contributed by atoms with Crippen LogP contribution in [-0.4, -0.2) is 34.4 Å². The number of aromatic nitrogens is 1. The fourth-order valence-electron chi connectivity index (χ4n) is 6.36. The van der Waals surface area contributed by atoms with Gasteiger partial charge >= 0.3 is 6.09 Å². The number of ether oxygens (including phenoxy) is 3. The van der Waals surface area contributed by atoms with E-state index in [0.29, 0.717) is 32.7 Å². The van der Waals surface area contributed by atoms with Crippen LogP contribution in [-0.2, 0) is 11.3 Å². The number of fused-ring (bicyclic) bond motifs is 1. The number of pyridine rings is 1. The van der Waals surface area contributed by atoms with Gasteiger partial charge in [-0.3, -0.25) is 9.59 Å².